The number of carbonyl (C=O) groups excluding carboxylic acids is 1. The lowest BCUT2D eigenvalue weighted by atomic mass is 9.92. The van der Waals surface area contributed by atoms with Crippen LogP contribution in [0.4, 0.5) is 10.8 Å². The van der Waals surface area contributed by atoms with Crippen molar-refractivity contribution < 1.29 is 13.2 Å². The number of nitrogens with zero attached hydrogens (tertiary/aromatic N) is 3. The minimum Gasteiger partial charge on any atom is -0.318 e. The number of sulfonamides is 1. The van der Waals surface area contributed by atoms with Crippen molar-refractivity contribution in [3.8, 4) is 6.07 Å². The molecule has 0 saturated heterocycles. The summed E-state index contributed by atoms with van der Waals surface area (Å²) in [4.78, 5) is 19.3. The highest BCUT2D eigenvalue weighted by atomic mass is 32.2. The van der Waals surface area contributed by atoms with Crippen LogP contribution in [0.25, 0.3) is 0 Å². The van der Waals surface area contributed by atoms with Crippen molar-refractivity contribution in [3.05, 3.63) is 40.4 Å². The lowest BCUT2D eigenvalue weighted by Crippen LogP contribution is -2.30. The van der Waals surface area contributed by atoms with Crippen LogP contribution in [0.15, 0.2) is 24.3 Å². The first kappa shape index (κ1) is 21.9. The van der Waals surface area contributed by atoms with Crippen LogP contribution in [-0.4, -0.2) is 32.1 Å². The van der Waals surface area contributed by atoms with Crippen LogP contribution in [0.1, 0.15) is 48.1 Å². The van der Waals surface area contributed by atoms with Crippen LogP contribution in [0.3, 0.4) is 0 Å². The summed E-state index contributed by atoms with van der Waals surface area (Å²) in [5.41, 5.74) is 1.60. The summed E-state index contributed by atoms with van der Waals surface area (Å²) in [7, 11) is -3.67. The predicted molar refractivity (Wildman–Crippen MR) is 111 cm³/mol. The minimum absolute atomic E-state index is 0.0909. The molecule has 2 rings (SSSR count). The molecule has 0 aliphatic rings. The molecule has 0 fully saturated rings. The molecule has 28 heavy (non-hydrogen) atoms. The van der Waals surface area contributed by atoms with E-state index in [4.69, 9.17) is 5.26 Å². The van der Waals surface area contributed by atoms with Crippen molar-refractivity contribution in [3.63, 3.8) is 0 Å². The highest BCUT2D eigenvalue weighted by molar-refractivity contribution is 7.89. The molecule has 9 heteroatoms. The van der Waals surface area contributed by atoms with Crippen LogP contribution in [0.5, 0.6) is 0 Å². The number of hydrogen-bond donors (Lipinski definition) is 1. The van der Waals surface area contributed by atoms with Gasteiger partial charge in [0.2, 0.25) is 10.0 Å². The van der Waals surface area contributed by atoms with Crippen molar-refractivity contribution in [2.45, 2.75) is 34.1 Å². The highest BCUT2D eigenvalue weighted by Gasteiger charge is 2.23. The van der Waals surface area contributed by atoms with Gasteiger partial charge in [-0.1, -0.05) is 20.8 Å². The Balaban J connectivity index is 2.41. The van der Waals surface area contributed by atoms with Crippen molar-refractivity contribution >= 4 is 38.1 Å². The molecule has 0 saturated carbocycles. The van der Waals surface area contributed by atoms with Crippen LogP contribution >= 0.6 is 11.3 Å². The fourth-order valence-electron chi connectivity index (χ4n) is 2.42. The summed E-state index contributed by atoms with van der Waals surface area (Å²) in [5, 5.41) is 9.62. The number of rotatable bonds is 6. The summed E-state index contributed by atoms with van der Waals surface area (Å²) >= 11 is 1.33. The van der Waals surface area contributed by atoms with E-state index in [9.17, 15) is 13.2 Å². The van der Waals surface area contributed by atoms with Gasteiger partial charge in [-0.25, -0.2) is 18.1 Å². The van der Waals surface area contributed by atoms with Gasteiger partial charge in [0.1, 0.15) is 5.69 Å². The number of anilines is 2. The Morgan fingerprint density at radius 2 is 1.89 bits per heavy atom. The van der Waals surface area contributed by atoms with Gasteiger partial charge in [0.25, 0.3) is 5.91 Å². The lowest BCUT2D eigenvalue weighted by molar-refractivity contribution is 0.0977. The van der Waals surface area contributed by atoms with Gasteiger partial charge in [-0.2, -0.15) is 5.26 Å². The maximum atomic E-state index is 12.3. The SMILES string of the molecule is Cc1sc(N(CCC(C)(C)C)c2ccc(C#N)cc2)nc1C(=O)NS(C)(=O)=O. The van der Waals surface area contributed by atoms with Crippen LogP contribution < -0.4 is 9.62 Å². The number of benzene rings is 1. The number of aryl methyl sites for hydroxylation is 1. The van der Waals surface area contributed by atoms with E-state index in [0.29, 0.717) is 22.1 Å². The maximum absolute atomic E-state index is 12.3. The Labute approximate surface area is 170 Å². The normalized spacial score (nSPS) is 11.7. The summed E-state index contributed by atoms with van der Waals surface area (Å²) in [6.45, 7) is 8.82. The first-order valence-corrected chi connectivity index (χ1v) is 11.4. The summed E-state index contributed by atoms with van der Waals surface area (Å²) in [5.74, 6) is -0.738. The van der Waals surface area contributed by atoms with Crippen LogP contribution in [0.2, 0.25) is 0 Å². The third kappa shape index (κ3) is 6.04. The average molecular weight is 421 g/mol. The molecular formula is C19H24N4O3S2. The molecule has 0 aliphatic heterocycles. The molecule has 0 atom stereocenters. The van der Waals surface area contributed by atoms with E-state index in [0.717, 1.165) is 18.4 Å². The molecule has 1 aromatic carbocycles. The third-order valence-electron chi connectivity index (χ3n) is 3.90. The van der Waals surface area contributed by atoms with E-state index in [1.807, 2.05) is 21.8 Å². The van der Waals surface area contributed by atoms with Gasteiger partial charge in [-0.3, -0.25) is 4.79 Å². The van der Waals surface area contributed by atoms with Crippen molar-refractivity contribution in [2.24, 2.45) is 5.41 Å². The number of carbonyl (C=O) groups is 1. The first-order chi connectivity index (χ1) is 12.9. The fraction of sp³-hybridized carbons (Fsp3) is 0.421. The van der Waals surface area contributed by atoms with E-state index >= 15 is 0 Å². The van der Waals surface area contributed by atoms with Crippen molar-refractivity contribution in [2.75, 3.05) is 17.7 Å². The van der Waals surface area contributed by atoms with E-state index in [-0.39, 0.29) is 11.1 Å². The highest BCUT2D eigenvalue weighted by Crippen LogP contribution is 2.33. The third-order valence-corrected chi connectivity index (χ3v) is 5.45. The molecule has 7 nitrogen and oxygen atoms in total. The Morgan fingerprint density at radius 1 is 1.29 bits per heavy atom. The predicted octanol–water partition coefficient (Wildman–Crippen LogP) is 3.59. The average Bonchev–Trinajstić information content (AvgIpc) is 2.95. The number of amides is 1. The number of aromatic nitrogens is 1. The van der Waals surface area contributed by atoms with Gasteiger partial charge in [0, 0.05) is 17.1 Å². The summed E-state index contributed by atoms with van der Waals surface area (Å²) < 4.78 is 24.7. The molecule has 0 unspecified atom stereocenters. The topological polar surface area (TPSA) is 103 Å². The zero-order chi connectivity index (χ0) is 21.1. The Morgan fingerprint density at radius 3 is 2.39 bits per heavy atom. The lowest BCUT2D eigenvalue weighted by Gasteiger charge is -2.26. The Kier molecular flexibility index (Phi) is 6.47. The molecule has 0 spiro atoms. The van der Waals surface area contributed by atoms with Gasteiger partial charge in [-0.05, 0) is 43.0 Å². The second kappa shape index (κ2) is 8.29. The number of nitriles is 1. The van der Waals surface area contributed by atoms with Gasteiger partial charge < -0.3 is 4.90 Å². The van der Waals surface area contributed by atoms with E-state index < -0.39 is 15.9 Å². The van der Waals surface area contributed by atoms with E-state index in [1.54, 1.807) is 19.1 Å². The smallest absolute Gasteiger partial charge is 0.284 e. The van der Waals surface area contributed by atoms with E-state index in [2.05, 4.69) is 31.8 Å². The fourth-order valence-corrected chi connectivity index (χ4v) is 3.81. The summed E-state index contributed by atoms with van der Waals surface area (Å²) in [6.07, 6.45) is 1.80. The monoisotopic (exact) mass is 420 g/mol. The quantitative estimate of drug-likeness (QED) is 0.766. The first-order valence-electron chi connectivity index (χ1n) is 8.67. The standard InChI is InChI=1S/C19H24N4O3S2/c1-13-16(17(24)22-28(5,25)26)21-18(27-13)23(11-10-19(2,3)4)15-8-6-14(12-20)7-9-15/h6-9H,10-11H2,1-5H3,(H,22,24). The molecule has 1 N–H and O–H groups in total. The number of thiazole rings is 1. The van der Waals surface area contributed by atoms with Crippen molar-refractivity contribution in [1.29, 1.82) is 5.26 Å². The molecule has 0 bridgehead atoms. The van der Waals surface area contributed by atoms with Gasteiger partial charge in [-0.15, -0.1) is 11.3 Å². The van der Waals surface area contributed by atoms with Crippen LogP contribution in [-0.2, 0) is 10.0 Å². The second-order valence-corrected chi connectivity index (χ2v) is 10.7. The maximum Gasteiger partial charge on any atom is 0.284 e. The largest absolute Gasteiger partial charge is 0.318 e. The molecule has 1 heterocycles. The molecule has 0 aliphatic carbocycles. The molecule has 2 aromatic rings. The Hall–Kier alpha value is -2.44. The van der Waals surface area contributed by atoms with Crippen LogP contribution in [0, 0.1) is 23.7 Å². The molecule has 1 amide bonds. The molecule has 1 aromatic heterocycles. The zero-order valence-electron chi connectivity index (χ0n) is 16.6. The molecule has 150 valence electrons. The van der Waals surface area contributed by atoms with E-state index in [1.165, 1.54) is 11.3 Å². The van der Waals surface area contributed by atoms with Gasteiger partial charge in [0.05, 0.1) is 17.9 Å². The summed E-state index contributed by atoms with van der Waals surface area (Å²) in [6, 6.07) is 9.25. The second-order valence-electron chi connectivity index (χ2n) is 7.73. The Bertz CT molecular complexity index is 997. The molecule has 0 radical (unpaired) electrons. The minimum atomic E-state index is -3.67. The van der Waals surface area contributed by atoms with Crippen molar-refractivity contribution in [1.82, 2.24) is 9.71 Å². The molecular weight excluding hydrogens is 396 g/mol. The zero-order valence-corrected chi connectivity index (χ0v) is 18.2. The van der Waals surface area contributed by atoms with Gasteiger partial charge >= 0.3 is 0 Å². The number of hydrogen-bond acceptors (Lipinski definition) is 7. The number of nitrogens with one attached hydrogen (secondary N) is 1. The van der Waals surface area contributed by atoms with Gasteiger partial charge in [0.15, 0.2) is 5.13 Å².